The molecule has 0 bridgehead atoms. The van der Waals surface area contributed by atoms with E-state index in [1.807, 2.05) is 38.1 Å². The number of halogens is 1. The summed E-state index contributed by atoms with van der Waals surface area (Å²) in [5, 5.41) is 8.88. The van der Waals surface area contributed by atoms with Gasteiger partial charge in [0.25, 0.3) is 0 Å². The monoisotopic (exact) mass is 356 g/mol. The Labute approximate surface area is 133 Å². The molecule has 0 saturated carbocycles. The van der Waals surface area contributed by atoms with Crippen molar-refractivity contribution in [1.29, 1.82) is 0 Å². The third-order valence-electron chi connectivity index (χ3n) is 3.20. The molecule has 0 saturated heterocycles. The summed E-state index contributed by atoms with van der Waals surface area (Å²) in [6.07, 6.45) is 0. The Balaban J connectivity index is 2.65. The average molecular weight is 357 g/mol. The van der Waals surface area contributed by atoms with E-state index in [0.29, 0.717) is 6.54 Å². The summed E-state index contributed by atoms with van der Waals surface area (Å²) in [6.45, 7) is 4.21. The predicted octanol–water partition coefficient (Wildman–Crippen LogP) is 2.20. The molecule has 1 amide bonds. The molecule has 0 atom stereocenters. The van der Waals surface area contributed by atoms with Gasteiger partial charge in [0.1, 0.15) is 0 Å². The molecule has 1 N–H and O–H groups in total. The van der Waals surface area contributed by atoms with E-state index in [1.54, 1.807) is 16.8 Å². The lowest BCUT2D eigenvalue weighted by Gasteiger charge is -2.27. The number of hydrogen-bond donors (Lipinski definition) is 1. The smallest absolute Gasteiger partial charge is 0.317 e. The molecule has 1 rings (SSSR count). The molecule has 0 unspecified atom stereocenters. The quantitative estimate of drug-likeness (QED) is 0.813. The summed E-state index contributed by atoms with van der Waals surface area (Å²) in [6, 6.07) is 7.72. The highest BCUT2D eigenvalue weighted by Gasteiger charge is 2.19. The average Bonchev–Trinajstić information content (AvgIpc) is 2.39. The first-order chi connectivity index (χ1) is 9.81. The number of aliphatic carboxylic acids is 1. The van der Waals surface area contributed by atoms with E-state index in [4.69, 9.17) is 5.11 Å². The van der Waals surface area contributed by atoms with Gasteiger partial charge in [-0.15, -0.1) is 0 Å². The maximum atomic E-state index is 12.2. The second-order valence-corrected chi connectivity index (χ2v) is 6.09. The van der Waals surface area contributed by atoms with Crippen molar-refractivity contribution in [2.24, 2.45) is 0 Å². The van der Waals surface area contributed by atoms with Gasteiger partial charge in [-0.2, -0.15) is 0 Å². The molecule has 0 spiro atoms. The van der Waals surface area contributed by atoms with Crippen molar-refractivity contribution in [3.8, 4) is 0 Å². The van der Waals surface area contributed by atoms with Gasteiger partial charge in [-0.25, -0.2) is 0 Å². The summed E-state index contributed by atoms with van der Waals surface area (Å²) in [4.78, 5) is 26.3. The van der Waals surface area contributed by atoms with E-state index in [0.717, 1.165) is 10.0 Å². The van der Waals surface area contributed by atoms with Crippen LogP contribution < -0.4 is 0 Å². The molecule has 1 aromatic rings. The number of likely N-dealkylation sites (N-methyl/N-ethyl adjacent to an activating group) is 1. The lowest BCUT2D eigenvalue weighted by Crippen LogP contribution is -2.43. The molecular formula is C15H21BrN2O3. The van der Waals surface area contributed by atoms with Gasteiger partial charge in [0.2, 0.25) is 5.91 Å². The molecule has 0 heterocycles. The first-order valence-electron chi connectivity index (χ1n) is 6.74. The van der Waals surface area contributed by atoms with Crippen LogP contribution in [-0.4, -0.2) is 53.0 Å². The van der Waals surface area contributed by atoms with Crippen molar-refractivity contribution in [3.05, 3.63) is 34.3 Å². The summed E-state index contributed by atoms with van der Waals surface area (Å²) >= 11 is 3.45. The minimum atomic E-state index is -0.926. The molecule has 0 fully saturated rings. The normalized spacial score (nSPS) is 11.0. The molecule has 0 aliphatic heterocycles. The second kappa shape index (κ2) is 8.14. The number of hydrogen-bond acceptors (Lipinski definition) is 3. The number of amides is 1. The summed E-state index contributed by atoms with van der Waals surface area (Å²) in [5.41, 5.74) is 1.02. The fourth-order valence-corrected chi connectivity index (χ4v) is 2.27. The lowest BCUT2D eigenvalue weighted by atomic mass is 10.2. The molecule has 116 valence electrons. The Kier molecular flexibility index (Phi) is 6.84. The zero-order chi connectivity index (χ0) is 16.0. The van der Waals surface area contributed by atoms with Gasteiger partial charge in [0, 0.05) is 24.1 Å². The van der Waals surface area contributed by atoms with Crippen LogP contribution in [0.25, 0.3) is 0 Å². The van der Waals surface area contributed by atoms with Gasteiger partial charge < -0.3 is 10.0 Å². The number of rotatable bonds is 7. The van der Waals surface area contributed by atoms with E-state index in [2.05, 4.69) is 15.9 Å². The number of carbonyl (C=O) groups is 2. The summed E-state index contributed by atoms with van der Waals surface area (Å²) < 4.78 is 0.955. The fourth-order valence-electron chi connectivity index (χ4n) is 1.86. The molecule has 0 radical (unpaired) electrons. The Morgan fingerprint density at radius 1 is 1.24 bits per heavy atom. The predicted molar refractivity (Wildman–Crippen MR) is 85.0 cm³/mol. The number of benzene rings is 1. The number of carboxylic acid groups (broad SMARTS) is 1. The Bertz CT molecular complexity index is 505. The van der Waals surface area contributed by atoms with Crippen molar-refractivity contribution >= 4 is 27.8 Å². The van der Waals surface area contributed by atoms with Crippen molar-refractivity contribution in [3.63, 3.8) is 0 Å². The lowest BCUT2D eigenvalue weighted by molar-refractivity contribution is -0.140. The molecule has 1 aromatic carbocycles. The summed E-state index contributed by atoms with van der Waals surface area (Å²) in [5.74, 6) is -1.02. The standard InChI is InChI=1S/C15H21BrN2O3/c1-11(2)18(10-15(20)21)9-14(19)17(3)8-12-6-4-5-7-13(12)16/h4-7,11H,8-10H2,1-3H3,(H,20,21). The third kappa shape index (κ3) is 5.85. The van der Waals surface area contributed by atoms with Gasteiger partial charge in [0.05, 0.1) is 13.1 Å². The molecule has 5 nitrogen and oxygen atoms in total. The Hall–Kier alpha value is -1.40. The molecule has 0 aliphatic rings. The van der Waals surface area contributed by atoms with E-state index in [1.165, 1.54) is 0 Å². The molecule has 0 aliphatic carbocycles. The molecule has 6 heteroatoms. The maximum absolute atomic E-state index is 12.2. The Morgan fingerprint density at radius 3 is 2.38 bits per heavy atom. The van der Waals surface area contributed by atoms with Gasteiger partial charge in [-0.1, -0.05) is 34.1 Å². The van der Waals surface area contributed by atoms with E-state index >= 15 is 0 Å². The van der Waals surface area contributed by atoms with Crippen molar-refractivity contribution in [2.75, 3.05) is 20.1 Å². The SMILES string of the molecule is CC(C)N(CC(=O)O)CC(=O)N(C)Cc1ccccc1Br. The fraction of sp³-hybridized carbons (Fsp3) is 0.467. The van der Waals surface area contributed by atoms with Crippen molar-refractivity contribution in [1.82, 2.24) is 9.80 Å². The first kappa shape index (κ1) is 17.7. The minimum Gasteiger partial charge on any atom is -0.480 e. The maximum Gasteiger partial charge on any atom is 0.317 e. The van der Waals surface area contributed by atoms with Crippen LogP contribution in [0.1, 0.15) is 19.4 Å². The number of carboxylic acids is 1. The van der Waals surface area contributed by atoms with E-state index in [9.17, 15) is 9.59 Å². The zero-order valence-electron chi connectivity index (χ0n) is 12.5. The molecule has 21 heavy (non-hydrogen) atoms. The van der Waals surface area contributed by atoms with E-state index < -0.39 is 5.97 Å². The van der Waals surface area contributed by atoms with Gasteiger partial charge in [0.15, 0.2) is 0 Å². The summed E-state index contributed by atoms with van der Waals surface area (Å²) in [7, 11) is 1.72. The second-order valence-electron chi connectivity index (χ2n) is 5.23. The van der Waals surface area contributed by atoms with Crippen LogP contribution in [0.2, 0.25) is 0 Å². The van der Waals surface area contributed by atoms with E-state index in [-0.39, 0.29) is 25.0 Å². The van der Waals surface area contributed by atoms with Crippen LogP contribution in [0.4, 0.5) is 0 Å². The van der Waals surface area contributed by atoms with Gasteiger partial charge in [-0.3, -0.25) is 14.5 Å². The highest BCUT2D eigenvalue weighted by molar-refractivity contribution is 9.10. The van der Waals surface area contributed by atoms with Gasteiger partial charge >= 0.3 is 5.97 Å². The van der Waals surface area contributed by atoms with Crippen LogP contribution in [0.15, 0.2) is 28.7 Å². The highest BCUT2D eigenvalue weighted by atomic mass is 79.9. The Morgan fingerprint density at radius 2 is 1.86 bits per heavy atom. The van der Waals surface area contributed by atoms with Crippen LogP contribution in [0.3, 0.4) is 0 Å². The van der Waals surface area contributed by atoms with Crippen molar-refractivity contribution < 1.29 is 14.7 Å². The van der Waals surface area contributed by atoms with Crippen LogP contribution in [-0.2, 0) is 16.1 Å². The first-order valence-corrected chi connectivity index (χ1v) is 7.53. The zero-order valence-corrected chi connectivity index (χ0v) is 14.1. The third-order valence-corrected chi connectivity index (χ3v) is 3.97. The highest BCUT2D eigenvalue weighted by Crippen LogP contribution is 2.17. The molecule has 0 aromatic heterocycles. The largest absolute Gasteiger partial charge is 0.480 e. The van der Waals surface area contributed by atoms with Crippen molar-refractivity contribution in [2.45, 2.75) is 26.4 Å². The van der Waals surface area contributed by atoms with Crippen LogP contribution in [0, 0.1) is 0 Å². The minimum absolute atomic E-state index is 0.00177. The topological polar surface area (TPSA) is 60.9 Å². The van der Waals surface area contributed by atoms with Crippen LogP contribution in [0.5, 0.6) is 0 Å². The van der Waals surface area contributed by atoms with Gasteiger partial charge in [-0.05, 0) is 25.5 Å². The van der Waals surface area contributed by atoms with Crippen LogP contribution >= 0.6 is 15.9 Å². The number of carbonyl (C=O) groups excluding carboxylic acids is 1. The molecular weight excluding hydrogens is 336 g/mol. The number of nitrogens with zero attached hydrogens (tertiary/aromatic N) is 2.